The van der Waals surface area contributed by atoms with Crippen molar-refractivity contribution in [2.45, 2.75) is 6.92 Å². The second-order valence-electron chi connectivity index (χ2n) is 5.43. The van der Waals surface area contributed by atoms with Crippen molar-refractivity contribution in [1.82, 2.24) is 9.80 Å². The van der Waals surface area contributed by atoms with Gasteiger partial charge in [0.05, 0.1) is 11.4 Å². The summed E-state index contributed by atoms with van der Waals surface area (Å²) in [6.07, 6.45) is 0. The van der Waals surface area contributed by atoms with E-state index < -0.39 is 0 Å². The lowest BCUT2D eigenvalue weighted by molar-refractivity contribution is -0.131. The Hall–Kier alpha value is -1.63. The van der Waals surface area contributed by atoms with E-state index >= 15 is 0 Å². The van der Waals surface area contributed by atoms with Crippen molar-refractivity contribution >= 4 is 45.6 Å². The zero-order chi connectivity index (χ0) is 15.7. The van der Waals surface area contributed by atoms with E-state index in [0.29, 0.717) is 26.2 Å². The van der Waals surface area contributed by atoms with Gasteiger partial charge in [0.2, 0.25) is 5.91 Å². The Bertz CT molecular complexity index is 723. The number of piperazine rings is 1. The minimum absolute atomic E-state index is 0. The first-order valence-electron chi connectivity index (χ1n) is 7.37. The molecule has 2 aromatic rings. The summed E-state index contributed by atoms with van der Waals surface area (Å²) >= 11 is 1.55. The molecule has 1 aliphatic rings. The van der Waals surface area contributed by atoms with Gasteiger partial charge < -0.3 is 15.5 Å². The minimum Gasteiger partial charge on any atom is -0.338 e. The summed E-state index contributed by atoms with van der Waals surface area (Å²) in [5.41, 5.74) is 6.43. The Labute approximate surface area is 145 Å². The number of thiophene rings is 1. The fourth-order valence-corrected chi connectivity index (χ4v) is 3.99. The zero-order valence-electron chi connectivity index (χ0n) is 12.9. The number of nitrogens with zero attached hydrogens (tertiary/aromatic N) is 2. The average Bonchev–Trinajstić information content (AvgIpc) is 2.91. The van der Waals surface area contributed by atoms with Gasteiger partial charge in [0.15, 0.2) is 0 Å². The number of aryl methyl sites for hydroxylation is 1. The molecule has 0 unspecified atom stereocenters. The molecule has 3 rings (SSSR count). The van der Waals surface area contributed by atoms with E-state index in [1.54, 1.807) is 16.2 Å². The maximum atomic E-state index is 12.7. The lowest BCUT2D eigenvalue weighted by atomic mass is 10.1. The standard InChI is InChI=1S/C16H19N3O2S.ClH/c1-11-12-4-2-3-5-13(12)22-15(11)16(21)19-8-6-18(7-9-19)14(20)10-17;/h2-5H,6-10,17H2,1H3;1H. The smallest absolute Gasteiger partial charge is 0.264 e. The molecule has 0 aliphatic carbocycles. The highest BCUT2D eigenvalue weighted by Crippen LogP contribution is 2.31. The second-order valence-corrected chi connectivity index (χ2v) is 6.48. The minimum atomic E-state index is -0.0508. The number of hydrogen-bond acceptors (Lipinski definition) is 4. The summed E-state index contributed by atoms with van der Waals surface area (Å²) in [6, 6.07) is 8.08. The van der Waals surface area contributed by atoms with Crippen LogP contribution in [0, 0.1) is 6.92 Å². The highest BCUT2D eigenvalue weighted by molar-refractivity contribution is 7.21. The highest BCUT2D eigenvalue weighted by atomic mass is 35.5. The van der Waals surface area contributed by atoms with E-state index in [9.17, 15) is 9.59 Å². The van der Waals surface area contributed by atoms with Crippen LogP contribution in [0.5, 0.6) is 0 Å². The lowest BCUT2D eigenvalue weighted by Gasteiger charge is -2.34. The van der Waals surface area contributed by atoms with Gasteiger partial charge in [-0.1, -0.05) is 18.2 Å². The average molecular weight is 354 g/mol. The van der Waals surface area contributed by atoms with Crippen molar-refractivity contribution < 1.29 is 9.59 Å². The first-order valence-corrected chi connectivity index (χ1v) is 8.18. The molecule has 1 saturated heterocycles. The van der Waals surface area contributed by atoms with E-state index in [-0.39, 0.29) is 30.8 Å². The van der Waals surface area contributed by atoms with Crippen LogP contribution in [-0.4, -0.2) is 54.3 Å². The molecule has 0 saturated carbocycles. The molecule has 7 heteroatoms. The van der Waals surface area contributed by atoms with E-state index in [1.807, 2.05) is 30.0 Å². The first kappa shape index (κ1) is 17.7. The largest absolute Gasteiger partial charge is 0.338 e. The van der Waals surface area contributed by atoms with Gasteiger partial charge in [0.25, 0.3) is 5.91 Å². The zero-order valence-corrected chi connectivity index (χ0v) is 14.6. The van der Waals surface area contributed by atoms with Crippen molar-refractivity contribution in [3.8, 4) is 0 Å². The fourth-order valence-electron chi connectivity index (χ4n) is 2.81. The second kappa shape index (κ2) is 7.29. The van der Waals surface area contributed by atoms with Crippen molar-refractivity contribution in [2.75, 3.05) is 32.7 Å². The van der Waals surface area contributed by atoms with Gasteiger partial charge in [-0.2, -0.15) is 0 Å². The van der Waals surface area contributed by atoms with Crippen LogP contribution < -0.4 is 5.73 Å². The topological polar surface area (TPSA) is 66.6 Å². The Kier molecular flexibility index (Phi) is 5.62. The number of carbonyl (C=O) groups excluding carboxylic acids is 2. The van der Waals surface area contributed by atoms with E-state index in [4.69, 9.17) is 5.73 Å². The molecule has 1 aliphatic heterocycles. The summed E-state index contributed by atoms with van der Waals surface area (Å²) in [5, 5.41) is 1.15. The number of halogens is 1. The fraction of sp³-hybridized carbons (Fsp3) is 0.375. The Morgan fingerprint density at radius 2 is 1.74 bits per heavy atom. The molecule has 0 radical (unpaired) electrons. The third kappa shape index (κ3) is 3.34. The number of rotatable bonds is 2. The number of fused-ring (bicyclic) bond motifs is 1. The molecule has 2 amide bonds. The predicted molar refractivity (Wildman–Crippen MR) is 95.3 cm³/mol. The molecule has 2 N–H and O–H groups in total. The van der Waals surface area contributed by atoms with Crippen LogP contribution in [0.15, 0.2) is 24.3 Å². The van der Waals surface area contributed by atoms with Crippen LogP contribution in [-0.2, 0) is 4.79 Å². The Morgan fingerprint density at radius 3 is 2.35 bits per heavy atom. The van der Waals surface area contributed by atoms with Crippen molar-refractivity contribution in [3.63, 3.8) is 0 Å². The molecule has 0 bridgehead atoms. The normalized spacial score (nSPS) is 14.7. The summed E-state index contributed by atoms with van der Waals surface area (Å²) < 4.78 is 1.14. The van der Waals surface area contributed by atoms with Crippen LogP contribution in [0.4, 0.5) is 0 Å². The number of amides is 2. The molecular formula is C16H20ClN3O2S. The van der Waals surface area contributed by atoms with Gasteiger partial charge >= 0.3 is 0 Å². The molecular weight excluding hydrogens is 334 g/mol. The molecule has 2 heterocycles. The van der Waals surface area contributed by atoms with Gasteiger partial charge in [0.1, 0.15) is 0 Å². The highest BCUT2D eigenvalue weighted by Gasteiger charge is 2.26. The predicted octanol–water partition coefficient (Wildman–Crippen LogP) is 1.87. The molecule has 124 valence electrons. The van der Waals surface area contributed by atoms with Crippen LogP contribution >= 0.6 is 23.7 Å². The van der Waals surface area contributed by atoms with E-state index in [0.717, 1.165) is 20.5 Å². The van der Waals surface area contributed by atoms with Gasteiger partial charge in [-0.15, -0.1) is 23.7 Å². The van der Waals surface area contributed by atoms with Crippen LogP contribution in [0.1, 0.15) is 15.2 Å². The van der Waals surface area contributed by atoms with Crippen molar-refractivity contribution in [2.24, 2.45) is 5.73 Å². The molecule has 1 aromatic heterocycles. The quantitative estimate of drug-likeness (QED) is 0.896. The summed E-state index contributed by atoms with van der Waals surface area (Å²) in [7, 11) is 0. The lowest BCUT2D eigenvalue weighted by Crippen LogP contribution is -2.51. The number of benzene rings is 1. The molecule has 0 atom stereocenters. The number of hydrogen-bond donors (Lipinski definition) is 1. The molecule has 5 nitrogen and oxygen atoms in total. The summed E-state index contributed by atoms with van der Waals surface area (Å²) in [6.45, 7) is 4.29. The molecule has 23 heavy (non-hydrogen) atoms. The number of carbonyl (C=O) groups is 2. The van der Waals surface area contributed by atoms with Gasteiger partial charge in [0, 0.05) is 30.9 Å². The summed E-state index contributed by atoms with van der Waals surface area (Å²) in [4.78, 5) is 28.7. The van der Waals surface area contributed by atoms with Crippen LogP contribution in [0.3, 0.4) is 0 Å². The van der Waals surface area contributed by atoms with Crippen LogP contribution in [0.25, 0.3) is 10.1 Å². The summed E-state index contributed by atoms with van der Waals surface area (Å²) in [5.74, 6) is 0.0173. The third-order valence-corrected chi connectivity index (χ3v) is 5.39. The maximum absolute atomic E-state index is 12.7. The van der Waals surface area contributed by atoms with Crippen molar-refractivity contribution in [1.29, 1.82) is 0 Å². The van der Waals surface area contributed by atoms with Gasteiger partial charge in [-0.3, -0.25) is 9.59 Å². The monoisotopic (exact) mass is 353 g/mol. The van der Waals surface area contributed by atoms with Gasteiger partial charge in [-0.05, 0) is 23.9 Å². The molecule has 0 spiro atoms. The Balaban J connectivity index is 0.00000192. The maximum Gasteiger partial charge on any atom is 0.264 e. The van der Waals surface area contributed by atoms with E-state index in [1.165, 1.54) is 0 Å². The Morgan fingerprint density at radius 1 is 1.13 bits per heavy atom. The molecule has 1 fully saturated rings. The first-order chi connectivity index (χ1) is 10.6. The van der Waals surface area contributed by atoms with Gasteiger partial charge in [-0.25, -0.2) is 0 Å². The van der Waals surface area contributed by atoms with Crippen molar-refractivity contribution in [3.05, 3.63) is 34.7 Å². The van der Waals surface area contributed by atoms with Crippen LogP contribution in [0.2, 0.25) is 0 Å². The van der Waals surface area contributed by atoms with E-state index in [2.05, 4.69) is 6.07 Å². The number of nitrogens with two attached hydrogens (primary N) is 1. The SMILES string of the molecule is Cc1c(C(=O)N2CCN(C(=O)CN)CC2)sc2ccccc12.Cl. The molecule has 1 aromatic carbocycles. The third-order valence-electron chi connectivity index (χ3n) is 4.13.